The summed E-state index contributed by atoms with van der Waals surface area (Å²) in [5.74, 6) is 0. The molecule has 2 N–H and O–H groups in total. The molecule has 0 aliphatic rings. The quantitative estimate of drug-likeness (QED) is 0.648. The molecule has 0 amide bonds. The lowest BCUT2D eigenvalue weighted by Gasteiger charge is -2.14. The number of aliphatic hydroxyl groups excluding tert-OH is 1. The second-order valence-electron chi connectivity index (χ2n) is 5.62. The zero-order chi connectivity index (χ0) is 17.9. The standard InChI is InChI=1S/C19H19NO3S2/c1-24-16-11-9-15(10-12-16)18(21)13-20-25(22,23)19-8-4-6-14-5-2-3-7-17(14)19/h2-12,18,20-21H,13H2,1H3/t18-/m0/s1. The normalized spacial score (nSPS) is 13.0. The molecule has 0 bridgehead atoms. The van der Waals surface area contributed by atoms with E-state index in [1.54, 1.807) is 30.0 Å². The molecule has 6 heteroatoms. The van der Waals surface area contributed by atoms with E-state index in [9.17, 15) is 13.5 Å². The monoisotopic (exact) mass is 373 g/mol. The number of rotatable bonds is 6. The van der Waals surface area contributed by atoms with Gasteiger partial charge in [-0.25, -0.2) is 13.1 Å². The fourth-order valence-corrected chi connectivity index (χ4v) is 4.31. The molecule has 0 spiro atoms. The van der Waals surface area contributed by atoms with Crippen molar-refractivity contribution in [1.82, 2.24) is 4.72 Å². The summed E-state index contributed by atoms with van der Waals surface area (Å²) in [7, 11) is -3.72. The summed E-state index contributed by atoms with van der Waals surface area (Å²) in [5.41, 5.74) is 0.679. The summed E-state index contributed by atoms with van der Waals surface area (Å²) < 4.78 is 27.8. The summed E-state index contributed by atoms with van der Waals surface area (Å²) in [6.07, 6.45) is 1.07. The van der Waals surface area contributed by atoms with Crippen molar-refractivity contribution in [2.24, 2.45) is 0 Å². The van der Waals surface area contributed by atoms with Crippen molar-refractivity contribution in [3.8, 4) is 0 Å². The molecule has 0 saturated carbocycles. The van der Waals surface area contributed by atoms with Crippen LogP contribution in [0, 0.1) is 0 Å². The lowest BCUT2D eigenvalue weighted by atomic mass is 10.1. The van der Waals surface area contributed by atoms with Gasteiger partial charge in [-0.3, -0.25) is 0 Å². The van der Waals surface area contributed by atoms with Crippen LogP contribution in [0.1, 0.15) is 11.7 Å². The van der Waals surface area contributed by atoms with Gasteiger partial charge < -0.3 is 5.11 Å². The molecule has 0 heterocycles. The number of sulfonamides is 1. The SMILES string of the molecule is CSc1ccc([C@@H](O)CNS(=O)(=O)c2cccc3ccccc23)cc1. The van der Waals surface area contributed by atoms with Gasteiger partial charge in [-0.15, -0.1) is 11.8 Å². The molecular formula is C19H19NO3S2. The molecular weight excluding hydrogens is 354 g/mol. The number of hydrogen-bond acceptors (Lipinski definition) is 4. The van der Waals surface area contributed by atoms with Crippen LogP contribution >= 0.6 is 11.8 Å². The Balaban J connectivity index is 1.79. The molecule has 0 aliphatic carbocycles. The van der Waals surface area contributed by atoms with Gasteiger partial charge in [-0.2, -0.15) is 0 Å². The highest BCUT2D eigenvalue weighted by atomic mass is 32.2. The molecule has 0 fully saturated rings. The lowest BCUT2D eigenvalue weighted by Crippen LogP contribution is -2.28. The average molecular weight is 373 g/mol. The Morgan fingerprint density at radius 2 is 1.68 bits per heavy atom. The minimum absolute atomic E-state index is 0.0792. The first-order valence-electron chi connectivity index (χ1n) is 7.81. The van der Waals surface area contributed by atoms with Crippen LogP contribution in [0.2, 0.25) is 0 Å². The maximum absolute atomic E-state index is 12.7. The van der Waals surface area contributed by atoms with Crippen LogP contribution in [-0.2, 0) is 10.0 Å². The van der Waals surface area contributed by atoms with Crippen LogP contribution in [0.25, 0.3) is 10.8 Å². The molecule has 1 atom stereocenters. The zero-order valence-electron chi connectivity index (χ0n) is 13.7. The average Bonchev–Trinajstić information content (AvgIpc) is 2.65. The third kappa shape index (κ3) is 4.04. The van der Waals surface area contributed by atoms with Gasteiger partial charge in [0.05, 0.1) is 11.0 Å². The first-order chi connectivity index (χ1) is 12.0. The van der Waals surface area contributed by atoms with E-state index in [1.165, 1.54) is 0 Å². The Labute approximate surface area is 151 Å². The predicted octanol–water partition coefficient (Wildman–Crippen LogP) is 3.57. The Morgan fingerprint density at radius 1 is 1.00 bits per heavy atom. The largest absolute Gasteiger partial charge is 0.387 e. The highest BCUT2D eigenvalue weighted by molar-refractivity contribution is 7.98. The van der Waals surface area contributed by atoms with E-state index in [0.717, 1.165) is 10.3 Å². The Kier molecular flexibility index (Phi) is 5.44. The first kappa shape index (κ1) is 17.9. The zero-order valence-corrected chi connectivity index (χ0v) is 15.3. The second kappa shape index (κ2) is 7.58. The van der Waals surface area contributed by atoms with E-state index < -0.39 is 16.1 Å². The highest BCUT2D eigenvalue weighted by Crippen LogP contribution is 2.23. The number of nitrogens with one attached hydrogen (secondary N) is 1. The van der Waals surface area contributed by atoms with Crippen molar-refractivity contribution in [2.45, 2.75) is 15.9 Å². The number of thioether (sulfide) groups is 1. The van der Waals surface area contributed by atoms with Crippen molar-refractivity contribution in [3.63, 3.8) is 0 Å². The van der Waals surface area contributed by atoms with Crippen molar-refractivity contribution in [1.29, 1.82) is 0 Å². The van der Waals surface area contributed by atoms with Gasteiger partial charge >= 0.3 is 0 Å². The molecule has 3 aromatic rings. The molecule has 0 unspecified atom stereocenters. The molecule has 0 aromatic heterocycles. The van der Waals surface area contributed by atoms with E-state index in [-0.39, 0.29) is 11.4 Å². The fraction of sp³-hybridized carbons (Fsp3) is 0.158. The summed E-state index contributed by atoms with van der Waals surface area (Å²) in [6, 6.07) is 19.9. The van der Waals surface area contributed by atoms with E-state index in [4.69, 9.17) is 0 Å². The van der Waals surface area contributed by atoms with Crippen LogP contribution in [0.5, 0.6) is 0 Å². The first-order valence-corrected chi connectivity index (χ1v) is 10.5. The third-order valence-corrected chi connectivity index (χ3v) is 6.23. The second-order valence-corrected chi connectivity index (χ2v) is 8.23. The minimum Gasteiger partial charge on any atom is -0.387 e. The van der Waals surface area contributed by atoms with Crippen molar-refractivity contribution in [3.05, 3.63) is 72.3 Å². The van der Waals surface area contributed by atoms with Crippen LogP contribution in [0.3, 0.4) is 0 Å². The minimum atomic E-state index is -3.72. The Bertz CT molecular complexity index is 964. The molecule has 0 radical (unpaired) electrons. The molecule has 3 aromatic carbocycles. The number of fused-ring (bicyclic) bond motifs is 1. The van der Waals surface area contributed by atoms with Gasteiger partial charge in [0, 0.05) is 16.8 Å². The van der Waals surface area contributed by atoms with Crippen LogP contribution < -0.4 is 4.72 Å². The highest BCUT2D eigenvalue weighted by Gasteiger charge is 2.19. The molecule has 130 valence electrons. The van der Waals surface area contributed by atoms with Gasteiger partial charge in [0.2, 0.25) is 10.0 Å². The third-order valence-electron chi connectivity index (χ3n) is 4.01. The van der Waals surface area contributed by atoms with Gasteiger partial charge in [-0.05, 0) is 35.4 Å². The predicted molar refractivity (Wildman–Crippen MR) is 102 cm³/mol. The molecule has 0 saturated heterocycles. The van der Waals surface area contributed by atoms with Gasteiger partial charge in [0.25, 0.3) is 0 Å². The van der Waals surface area contributed by atoms with Gasteiger partial charge in [0.15, 0.2) is 0 Å². The smallest absolute Gasteiger partial charge is 0.241 e. The topological polar surface area (TPSA) is 66.4 Å². The van der Waals surface area contributed by atoms with Crippen LogP contribution in [-0.4, -0.2) is 26.3 Å². The fourth-order valence-electron chi connectivity index (χ4n) is 2.64. The van der Waals surface area contributed by atoms with E-state index in [2.05, 4.69) is 4.72 Å². The maximum Gasteiger partial charge on any atom is 0.241 e. The number of benzene rings is 3. The van der Waals surface area contributed by atoms with Crippen molar-refractivity contribution in [2.75, 3.05) is 12.8 Å². The van der Waals surface area contributed by atoms with E-state index in [0.29, 0.717) is 10.9 Å². The van der Waals surface area contributed by atoms with Crippen molar-refractivity contribution < 1.29 is 13.5 Å². The summed E-state index contributed by atoms with van der Waals surface area (Å²) in [6.45, 7) is -0.0792. The summed E-state index contributed by atoms with van der Waals surface area (Å²) >= 11 is 1.61. The van der Waals surface area contributed by atoms with Gasteiger partial charge in [-0.1, -0.05) is 48.5 Å². The molecule has 3 rings (SSSR count). The summed E-state index contributed by atoms with van der Waals surface area (Å²) in [5, 5.41) is 11.8. The molecule has 0 aliphatic heterocycles. The lowest BCUT2D eigenvalue weighted by molar-refractivity contribution is 0.182. The van der Waals surface area contributed by atoms with Gasteiger partial charge in [0.1, 0.15) is 0 Å². The van der Waals surface area contributed by atoms with E-state index >= 15 is 0 Å². The molecule has 25 heavy (non-hydrogen) atoms. The maximum atomic E-state index is 12.7. The molecule has 4 nitrogen and oxygen atoms in total. The number of hydrogen-bond donors (Lipinski definition) is 2. The van der Waals surface area contributed by atoms with Crippen LogP contribution in [0.15, 0.2) is 76.5 Å². The Hall–Kier alpha value is -1.86. The van der Waals surface area contributed by atoms with E-state index in [1.807, 2.05) is 54.8 Å². The Morgan fingerprint density at radius 3 is 2.40 bits per heavy atom. The van der Waals surface area contributed by atoms with Crippen molar-refractivity contribution >= 4 is 32.6 Å². The number of aliphatic hydroxyl groups is 1. The van der Waals surface area contributed by atoms with Crippen LogP contribution in [0.4, 0.5) is 0 Å². The summed E-state index contributed by atoms with van der Waals surface area (Å²) in [4.78, 5) is 1.31.